The topological polar surface area (TPSA) is 133 Å². The second-order valence-electron chi connectivity index (χ2n) is 9.69. The summed E-state index contributed by atoms with van der Waals surface area (Å²) in [7, 11) is 1.53. The van der Waals surface area contributed by atoms with Gasteiger partial charge in [-0.2, -0.15) is 0 Å². The molecule has 200 valence electrons. The number of carbonyl (C=O) groups is 1. The number of rotatable bonds is 6. The standard InChI is InChI=1S/C27H29N3O8/c1-34-24-5-3-19-25(29-24)18(7-9-28-19)20(32)13-17-6-8-27(23(14-31)37-17)15-30(26(33)38-27)16-2-4-21-22(12-16)36-11-10-35-21/h2-5,7,9,12,17,20,23,31-32H,6,8,10-11,13-15H2,1H3/t17-,20+,23+,27+/m0/s1. The van der Waals surface area contributed by atoms with Gasteiger partial charge in [0.15, 0.2) is 17.1 Å². The van der Waals surface area contributed by atoms with Gasteiger partial charge in [-0.3, -0.25) is 9.88 Å². The van der Waals surface area contributed by atoms with Crippen molar-refractivity contribution in [3.8, 4) is 17.4 Å². The highest BCUT2D eigenvalue weighted by molar-refractivity contribution is 5.91. The summed E-state index contributed by atoms with van der Waals surface area (Å²) in [5.41, 5.74) is 1.45. The van der Waals surface area contributed by atoms with Gasteiger partial charge in [-0.15, -0.1) is 0 Å². The smallest absolute Gasteiger partial charge is 0.415 e. The summed E-state index contributed by atoms with van der Waals surface area (Å²) in [5.74, 6) is 1.64. The summed E-state index contributed by atoms with van der Waals surface area (Å²) < 4.78 is 28.6. The highest BCUT2D eigenvalue weighted by Gasteiger charge is 2.54. The molecule has 0 unspecified atom stereocenters. The molecule has 11 heteroatoms. The minimum atomic E-state index is -1.00. The number of hydrogen-bond donors (Lipinski definition) is 2. The van der Waals surface area contributed by atoms with Gasteiger partial charge < -0.3 is 33.9 Å². The van der Waals surface area contributed by atoms with Gasteiger partial charge in [-0.05, 0) is 37.1 Å². The van der Waals surface area contributed by atoms with Crippen LogP contribution in [0.4, 0.5) is 10.5 Å². The van der Waals surface area contributed by atoms with Gasteiger partial charge in [0.05, 0.1) is 49.2 Å². The molecule has 2 saturated heterocycles. The van der Waals surface area contributed by atoms with Crippen molar-refractivity contribution in [2.75, 3.05) is 38.4 Å². The molecule has 1 spiro atoms. The lowest BCUT2D eigenvalue weighted by Gasteiger charge is -2.42. The molecular weight excluding hydrogens is 494 g/mol. The number of aliphatic hydroxyl groups is 2. The minimum Gasteiger partial charge on any atom is -0.486 e. The van der Waals surface area contributed by atoms with E-state index >= 15 is 0 Å². The van der Waals surface area contributed by atoms with Crippen LogP contribution < -0.4 is 19.1 Å². The van der Waals surface area contributed by atoms with Crippen LogP contribution >= 0.6 is 0 Å². The molecule has 0 saturated carbocycles. The molecule has 0 bridgehead atoms. The lowest BCUT2D eigenvalue weighted by atomic mass is 9.85. The molecular formula is C27H29N3O8. The first-order valence-corrected chi connectivity index (χ1v) is 12.6. The van der Waals surface area contributed by atoms with Crippen molar-refractivity contribution in [2.24, 2.45) is 0 Å². The Labute approximate surface area is 218 Å². The molecule has 3 aromatic rings. The van der Waals surface area contributed by atoms with E-state index in [0.717, 1.165) is 0 Å². The maximum Gasteiger partial charge on any atom is 0.415 e. The first kappa shape index (κ1) is 24.7. The van der Waals surface area contributed by atoms with Gasteiger partial charge in [0.25, 0.3) is 0 Å². The number of ether oxygens (including phenoxy) is 5. The summed E-state index contributed by atoms with van der Waals surface area (Å²) in [6.45, 7) is 0.822. The van der Waals surface area contributed by atoms with Gasteiger partial charge >= 0.3 is 6.09 Å². The summed E-state index contributed by atoms with van der Waals surface area (Å²) in [4.78, 5) is 23.2. The van der Waals surface area contributed by atoms with Crippen LogP contribution in [0.3, 0.4) is 0 Å². The van der Waals surface area contributed by atoms with Crippen molar-refractivity contribution >= 4 is 22.8 Å². The largest absolute Gasteiger partial charge is 0.486 e. The Bertz CT molecular complexity index is 1350. The Kier molecular flexibility index (Phi) is 6.42. The van der Waals surface area contributed by atoms with Gasteiger partial charge in [-0.25, -0.2) is 9.78 Å². The third-order valence-corrected chi connectivity index (χ3v) is 7.42. The lowest BCUT2D eigenvalue weighted by Crippen LogP contribution is -2.54. The minimum absolute atomic E-state index is 0.227. The molecule has 2 aromatic heterocycles. The van der Waals surface area contributed by atoms with Crippen LogP contribution in [0.25, 0.3) is 11.0 Å². The number of hydrogen-bond acceptors (Lipinski definition) is 10. The Hall–Kier alpha value is -3.67. The fourth-order valence-electron chi connectivity index (χ4n) is 5.45. The van der Waals surface area contributed by atoms with Crippen molar-refractivity contribution in [3.05, 3.63) is 48.2 Å². The van der Waals surface area contributed by atoms with E-state index in [1.54, 1.807) is 42.6 Å². The van der Waals surface area contributed by atoms with E-state index in [4.69, 9.17) is 23.7 Å². The van der Waals surface area contributed by atoms with Crippen LogP contribution in [0.15, 0.2) is 42.6 Å². The predicted molar refractivity (Wildman–Crippen MR) is 135 cm³/mol. The molecule has 3 aliphatic heterocycles. The number of benzene rings is 1. The van der Waals surface area contributed by atoms with Crippen molar-refractivity contribution in [1.82, 2.24) is 9.97 Å². The third-order valence-electron chi connectivity index (χ3n) is 7.42. The van der Waals surface area contributed by atoms with E-state index < -0.39 is 23.9 Å². The summed E-state index contributed by atoms with van der Waals surface area (Å²) in [6.07, 6.45) is 0.443. The number of pyridine rings is 2. The summed E-state index contributed by atoms with van der Waals surface area (Å²) in [5, 5.41) is 21.3. The molecule has 0 radical (unpaired) electrons. The number of amides is 1. The number of fused-ring (bicyclic) bond motifs is 2. The van der Waals surface area contributed by atoms with Gasteiger partial charge in [0.2, 0.25) is 5.88 Å². The second-order valence-corrected chi connectivity index (χ2v) is 9.69. The van der Waals surface area contributed by atoms with Gasteiger partial charge in [0, 0.05) is 30.3 Å². The monoisotopic (exact) mass is 523 g/mol. The Morgan fingerprint density at radius 3 is 2.84 bits per heavy atom. The zero-order chi connectivity index (χ0) is 26.3. The number of aromatic nitrogens is 2. The number of nitrogens with zero attached hydrogens (tertiary/aromatic N) is 3. The van der Waals surface area contributed by atoms with E-state index in [-0.39, 0.29) is 25.7 Å². The van der Waals surface area contributed by atoms with Crippen molar-refractivity contribution in [2.45, 2.75) is 43.2 Å². The second kappa shape index (κ2) is 9.90. The molecule has 4 atom stereocenters. The van der Waals surface area contributed by atoms with Crippen LogP contribution in [0.1, 0.15) is 30.9 Å². The number of methoxy groups -OCH3 is 1. The maximum atomic E-state index is 12.9. The normalized spacial score (nSPS) is 25.4. The van der Waals surface area contributed by atoms with Crippen LogP contribution in [0.5, 0.6) is 17.4 Å². The van der Waals surface area contributed by atoms with Crippen molar-refractivity contribution in [3.63, 3.8) is 0 Å². The van der Waals surface area contributed by atoms with Gasteiger partial charge in [-0.1, -0.05) is 0 Å². The Balaban J connectivity index is 1.17. The molecule has 1 aromatic carbocycles. The Morgan fingerprint density at radius 2 is 2.03 bits per heavy atom. The number of carbonyl (C=O) groups excluding carboxylic acids is 1. The van der Waals surface area contributed by atoms with Crippen LogP contribution in [0.2, 0.25) is 0 Å². The fourth-order valence-corrected chi connectivity index (χ4v) is 5.45. The zero-order valence-electron chi connectivity index (χ0n) is 20.9. The highest BCUT2D eigenvalue weighted by Crippen LogP contribution is 2.43. The Morgan fingerprint density at radius 1 is 1.18 bits per heavy atom. The first-order chi connectivity index (χ1) is 18.5. The van der Waals surface area contributed by atoms with Crippen molar-refractivity contribution < 1.29 is 38.7 Å². The van der Waals surface area contributed by atoms with E-state index in [1.807, 2.05) is 0 Å². The molecule has 3 aliphatic rings. The number of anilines is 1. The van der Waals surface area contributed by atoms with E-state index in [9.17, 15) is 15.0 Å². The summed E-state index contributed by atoms with van der Waals surface area (Å²) >= 11 is 0. The molecule has 0 aliphatic carbocycles. The zero-order valence-corrected chi connectivity index (χ0v) is 20.9. The molecule has 5 heterocycles. The SMILES string of the molecule is COc1ccc2nccc([C@H](O)C[C@@H]3CC[C@@]4(CN(c5ccc6c(c5)OCCO6)C(=O)O4)[C@@H](CO)O3)c2n1. The third kappa shape index (κ3) is 4.36. The van der Waals surface area contributed by atoms with Crippen LogP contribution in [-0.4, -0.2) is 77.6 Å². The molecule has 11 nitrogen and oxygen atoms in total. The van der Waals surface area contributed by atoms with Crippen LogP contribution in [-0.2, 0) is 9.47 Å². The molecule has 2 N–H and O–H groups in total. The molecule has 6 rings (SSSR count). The summed E-state index contributed by atoms with van der Waals surface area (Å²) in [6, 6.07) is 10.6. The van der Waals surface area contributed by atoms with Crippen LogP contribution in [0, 0.1) is 0 Å². The molecule has 38 heavy (non-hydrogen) atoms. The number of aliphatic hydroxyl groups excluding tert-OH is 2. The highest BCUT2D eigenvalue weighted by atomic mass is 16.6. The maximum absolute atomic E-state index is 12.9. The van der Waals surface area contributed by atoms with E-state index in [1.165, 1.54) is 12.0 Å². The fraction of sp³-hybridized carbons (Fsp3) is 0.444. The molecule has 2 fully saturated rings. The van der Waals surface area contributed by atoms with E-state index in [0.29, 0.717) is 65.7 Å². The molecule has 1 amide bonds. The van der Waals surface area contributed by atoms with E-state index in [2.05, 4.69) is 9.97 Å². The van der Waals surface area contributed by atoms with Crippen molar-refractivity contribution in [1.29, 1.82) is 0 Å². The average Bonchev–Trinajstić information content (AvgIpc) is 3.29. The predicted octanol–water partition coefficient (Wildman–Crippen LogP) is 2.77. The quantitative estimate of drug-likeness (QED) is 0.497. The first-order valence-electron chi connectivity index (χ1n) is 12.6. The lowest BCUT2D eigenvalue weighted by molar-refractivity contribution is -0.178. The van der Waals surface area contributed by atoms with Gasteiger partial charge in [0.1, 0.15) is 19.3 Å². The average molecular weight is 524 g/mol.